The van der Waals surface area contributed by atoms with Crippen molar-refractivity contribution in [2.24, 2.45) is 12.5 Å². The summed E-state index contributed by atoms with van der Waals surface area (Å²) in [6.45, 7) is 1.68. The molecule has 1 aromatic heterocycles. The SMILES string of the molecule is Cn1cccc(NC(=O)N2CC3(CCCCC3)C2)c1=O. The summed E-state index contributed by atoms with van der Waals surface area (Å²) in [5.41, 5.74) is 0.551. The van der Waals surface area contributed by atoms with Gasteiger partial charge in [-0.25, -0.2) is 4.79 Å². The Labute approximate surface area is 118 Å². The maximum atomic E-state index is 12.2. The highest BCUT2D eigenvalue weighted by molar-refractivity contribution is 5.89. The van der Waals surface area contributed by atoms with Gasteiger partial charge in [-0.3, -0.25) is 4.79 Å². The second-order valence-electron chi connectivity index (χ2n) is 6.18. The van der Waals surface area contributed by atoms with E-state index in [1.54, 1.807) is 25.4 Å². The monoisotopic (exact) mass is 275 g/mol. The molecule has 2 heterocycles. The maximum absolute atomic E-state index is 12.2. The first-order valence-electron chi connectivity index (χ1n) is 7.31. The quantitative estimate of drug-likeness (QED) is 0.854. The molecule has 1 aliphatic heterocycles. The molecule has 1 aromatic rings. The number of aromatic nitrogens is 1. The summed E-state index contributed by atoms with van der Waals surface area (Å²) in [5.74, 6) is 0. The highest BCUT2D eigenvalue weighted by Crippen LogP contribution is 2.43. The minimum Gasteiger partial charge on any atom is -0.323 e. The Balaban J connectivity index is 1.61. The fourth-order valence-corrected chi connectivity index (χ4v) is 3.41. The van der Waals surface area contributed by atoms with E-state index in [1.165, 1.54) is 36.7 Å². The minimum absolute atomic E-state index is 0.149. The van der Waals surface area contributed by atoms with Gasteiger partial charge < -0.3 is 14.8 Å². The normalized spacial score (nSPS) is 20.6. The van der Waals surface area contributed by atoms with Gasteiger partial charge in [0.15, 0.2) is 0 Å². The van der Waals surface area contributed by atoms with Gasteiger partial charge in [0.05, 0.1) is 0 Å². The Kier molecular flexibility index (Phi) is 3.28. The molecule has 1 saturated heterocycles. The molecule has 0 aromatic carbocycles. The topological polar surface area (TPSA) is 54.3 Å². The predicted octanol–water partition coefficient (Wildman–Crippen LogP) is 2.18. The molecule has 1 aliphatic carbocycles. The molecule has 0 unspecified atom stereocenters. The van der Waals surface area contributed by atoms with Gasteiger partial charge in [-0.05, 0) is 25.0 Å². The van der Waals surface area contributed by atoms with E-state index in [1.807, 2.05) is 4.90 Å². The van der Waals surface area contributed by atoms with Crippen LogP contribution in [-0.4, -0.2) is 28.6 Å². The molecule has 2 fully saturated rings. The van der Waals surface area contributed by atoms with E-state index in [0.29, 0.717) is 11.1 Å². The van der Waals surface area contributed by atoms with Crippen LogP contribution in [0, 0.1) is 5.41 Å². The average molecular weight is 275 g/mol. The number of hydrogen-bond acceptors (Lipinski definition) is 2. The van der Waals surface area contributed by atoms with Gasteiger partial charge in [-0.15, -0.1) is 0 Å². The summed E-state index contributed by atoms with van der Waals surface area (Å²) in [4.78, 5) is 25.8. The zero-order chi connectivity index (χ0) is 14.2. The highest BCUT2D eigenvalue weighted by atomic mass is 16.2. The van der Waals surface area contributed by atoms with Crippen molar-refractivity contribution in [1.82, 2.24) is 9.47 Å². The van der Waals surface area contributed by atoms with Gasteiger partial charge in [0.1, 0.15) is 5.69 Å². The Bertz CT molecular complexity index is 565. The van der Waals surface area contributed by atoms with Gasteiger partial charge in [0.25, 0.3) is 5.56 Å². The van der Waals surface area contributed by atoms with E-state index in [9.17, 15) is 9.59 Å². The smallest absolute Gasteiger partial charge is 0.322 e. The molecule has 2 aliphatic rings. The first-order valence-corrected chi connectivity index (χ1v) is 7.31. The largest absolute Gasteiger partial charge is 0.323 e. The number of amides is 2. The molecule has 5 nitrogen and oxygen atoms in total. The molecule has 108 valence electrons. The predicted molar refractivity (Wildman–Crippen MR) is 77.8 cm³/mol. The fraction of sp³-hybridized carbons (Fsp3) is 0.600. The van der Waals surface area contributed by atoms with Crippen molar-refractivity contribution >= 4 is 11.7 Å². The van der Waals surface area contributed by atoms with E-state index in [4.69, 9.17) is 0 Å². The van der Waals surface area contributed by atoms with Crippen molar-refractivity contribution in [3.05, 3.63) is 28.7 Å². The number of rotatable bonds is 1. The number of hydrogen-bond donors (Lipinski definition) is 1. The lowest BCUT2D eigenvalue weighted by Crippen LogP contribution is -2.60. The molecular weight excluding hydrogens is 254 g/mol. The van der Waals surface area contributed by atoms with Crippen molar-refractivity contribution < 1.29 is 4.79 Å². The molecule has 1 N–H and O–H groups in total. The van der Waals surface area contributed by atoms with Crippen molar-refractivity contribution in [2.75, 3.05) is 18.4 Å². The number of urea groups is 1. The molecule has 2 amide bonds. The molecule has 0 atom stereocenters. The average Bonchev–Trinajstić information content (AvgIpc) is 2.42. The summed E-state index contributed by atoms with van der Waals surface area (Å²) < 4.78 is 1.47. The first kappa shape index (κ1) is 13.2. The van der Waals surface area contributed by atoms with Crippen LogP contribution in [-0.2, 0) is 7.05 Å². The number of aryl methyl sites for hydroxylation is 1. The molecule has 5 heteroatoms. The summed E-state index contributed by atoms with van der Waals surface area (Å²) in [7, 11) is 1.68. The van der Waals surface area contributed by atoms with Crippen molar-refractivity contribution in [3.63, 3.8) is 0 Å². The van der Waals surface area contributed by atoms with Crippen LogP contribution in [0.5, 0.6) is 0 Å². The maximum Gasteiger partial charge on any atom is 0.322 e. The Morgan fingerprint density at radius 1 is 1.25 bits per heavy atom. The van der Waals surface area contributed by atoms with Crippen LogP contribution < -0.4 is 10.9 Å². The zero-order valence-corrected chi connectivity index (χ0v) is 11.9. The lowest BCUT2D eigenvalue weighted by Gasteiger charge is -2.52. The molecule has 0 bridgehead atoms. The van der Waals surface area contributed by atoms with Crippen LogP contribution in [0.4, 0.5) is 10.5 Å². The van der Waals surface area contributed by atoms with Crippen LogP contribution in [0.1, 0.15) is 32.1 Å². The number of nitrogens with zero attached hydrogens (tertiary/aromatic N) is 2. The van der Waals surface area contributed by atoms with E-state index in [0.717, 1.165) is 13.1 Å². The van der Waals surface area contributed by atoms with E-state index < -0.39 is 0 Å². The lowest BCUT2D eigenvalue weighted by molar-refractivity contribution is 0.00514. The van der Waals surface area contributed by atoms with Crippen LogP contribution in [0.25, 0.3) is 0 Å². The summed E-state index contributed by atoms with van der Waals surface area (Å²) in [6.07, 6.45) is 8.06. The third kappa shape index (κ3) is 2.32. The van der Waals surface area contributed by atoms with Crippen LogP contribution in [0.2, 0.25) is 0 Å². The first-order chi connectivity index (χ1) is 9.60. The second kappa shape index (κ2) is 4.96. The molecule has 20 heavy (non-hydrogen) atoms. The van der Waals surface area contributed by atoms with E-state index >= 15 is 0 Å². The number of anilines is 1. The standard InChI is InChI=1S/C15H21N3O2/c1-17-9-5-6-12(13(17)19)16-14(20)18-10-15(11-18)7-3-2-4-8-15/h5-6,9H,2-4,7-8,10-11H2,1H3,(H,16,20). The van der Waals surface area contributed by atoms with Crippen LogP contribution in [0.15, 0.2) is 23.1 Å². The lowest BCUT2D eigenvalue weighted by atomic mass is 9.69. The van der Waals surface area contributed by atoms with Gasteiger partial charge in [-0.1, -0.05) is 19.3 Å². The zero-order valence-electron chi connectivity index (χ0n) is 11.9. The molecule has 1 spiro atoms. The van der Waals surface area contributed by atoms with Gasteiger partial charge in [-0.2, -0.15) is 0 Å². The van der Waals surface area contributed by atoms with Crippen molar-refractivity contribution in [1.29, 1.82) is 0 Å². The number of nitrogens with one attached hydrogen (secondary N) is 1. The third-order valence-corrected chi connectivity index (χ3v) is 4.62. The van der Waals surface area contributed by atoms with Crippen LogP contribution >= 0.6 is 0 Å². The van der Waals surface area contributed by atoms with Crippen molar-refractivity contribution in [3.8, 4) is 0 Å². The third-order valence-electron chi connectivity index (χ3n) is 4.62. The number of likely N-dealkylation sites (tertiary alicyclic amines) is 1. The molecule has 3 rings (SSSR count). The van der Waals surface area contributed by atoms with E-state index in [-0.39, 0.29) is 11.6 Å². The fourth-order valence-electron chi connectivity index (χ4n) is 3.41. The van der Waals surface area contributed by atoms with Crippen LogP contribution in [0.3, 0.4) is 0 Å². The minimum atomic E-state index is -0.172. The number of carbonyl (C=O) groups excluding carboxylic acids is 1. The van der Waals surface area contributed by atoms with E-state index in [2.05, 4.69) is 5.32 Å². The second-order valence-corrected chi connectivity index (χ2v) is 6.18. The molecule has 0 radical (unpaired) electrons. The number of pyridine rings is 1. The summed E-state index contributed by atoms with van der Waals surface area (Å²) in [6, 6.07) is 3.26. The Morgan fingerprint density at radius 2 is 1.95 bits per heavy atom. The number of carbonyl (C=O) groups is 1. The highest BCUT2D eigenvalue weighted by Gasteiger charge is 2.45. The molecular formula is C15H21N3O2. The molecule has 1 saturated carbocycles. The van der Waals surface area contributed by atoms with Crippen molar-refractivity contribution in [2.45, 2.75) is 32.1 Å². The summed E-state index contributed by atoms with van der Waals surface area (Å²) >= 11 is 0. The van der Waals surface area contributed by atoms with Gasteiger partial charge in [0.2, 0.25) is 0 Å². The van der Waals surface area contributed by atoms with Gasteiger partial charge in [0, 0.05) is 31.7 Å². The summed E-state index contributed by atoms with van der Waals surface area (Å²) in [5, 5.41) is 2.73. The Hall–Kier alpha value is -1.78. The van der Waals surface area contributed by atoms with Gasteiger partial charge >= 0.3 is 6.03 Å². The Morgan fingerprint density at radius 3 is 2.65 bits per heavy atom.